The molecule has 0 amide bonds. The van der Waals surface area contributed by atoms with Crippen LogP contribution in [0.4, 0.5) is 19.0 Å². The van der Waals surface area contributed by atoms with Crippen LogP contribution in [0.3, 0.4) is 0 Å². The third kappa shape index (κ3) is 5.76. The van der Waals surface area contributed by atoms with Crippen molar-refractivity contribution in [2.24, 2.45) is 27.3 Å². The lowest BCUT2D eigenvalue weighted by atomic mass is 9.82. The zero-order valence-electron chi connectivity index (χ0n) is 24.2. The molecule has 2 aromatic carbocycles. The van der Waals surface area contributed by atoms with Crippen LogP contribution in [0, 0.1) is 11.8 Å². The van der Waals surface area contributed by atoms with Gasteiger partial charge in [-0.3, -0.25) is 4.98 Å². The van der Waals surface area contributed by atoms with E-state index in [1.165, 1.54) is 12.1 Å². The number of para-hydroxylation sites is 1. The summed E-state index contributed by atoms with van der Waals surface area (Å²) in [4.78, 5) is 9.49. The molecular formula is C32H30F3N7O3. The second-order valence-corrected chi connectivity index (χ2v) is 12.3. The van der Waals surface area contributed by atoms with Gasteiger partial charge in [-0.25, -0.2) is 4.98 Å². The fourth-order valence-electron chi connectivity index (χ4n) is 7.06. The molecule has 3 heterocycles. The van der Waals surface area contributed by atoms with Gasteiger partial charge in [-0.05, 0) is 79.8 Å². The van der Waals surface area contributed by atoms with Crippen LogP contribution in [0.25, 0.3) is 22.3 Å². The molecule has 3 aliphatic carbocycles. The molecule has 2 bridgehead atoms. The Morgan fingerprint density at radius 1 is 0.978 bits per heavy atom. The van der Waals surface area contributed by atoms with Crippen LogP contribution in [0.5, 0.6) is 5.75 Å². The van der Waals surface area contributed by atoms with Gasteiger partial charge in [-0.2, -0.15) is 5.11 Å². The van der Waals surface area contributed by atoms with Gasteiger partial charge in [0, 0.05) is 28.7 Å². The maximum atomic E-state index is 13.1. The van der Waals surface area contributed by atoms with Gasteiger partial charge < -0.3 is 19.3 Å². The van der Waals surface area contributed by atoms with Gasteiger partial charge in [-0.15, -0.1) is 18.3 Å². The Balaban J connectivity index is 0.952. The Kier molecular flexibility index (Phi) is 7.00. The summed E-state index contributed by atoms with van der Waals surface area (Å²) in [5.41, 5.74) is 4.65. The molecule has 8 rings (SSSR count). The minimum Gasteiger partial charge on any atom is -0.405 e. The van der Waals surface area contributed by atoms with E-state index in [9.17, 15) is 13.2 Å². The zero-order chi connectivity index (χ0) is 30.5. The van der Waals surface area contributed by atoms with E-state index < -0.39 is 6.36 Å². The summed E-state index contributed by atoms with van der Waals surface area (Å²) in [5.74, 6) is 2.18. The van der Waals surface area contributed by atoms with Gasteiger partial charge in [0.05, 0.1) is 35.7 Å². The Morgan fingerprint density at radius 3 is 2.56 bits per heavy atom. The average Bonchev–Trinajstić information content (AvgIpc) is 3.44. The Bertz CT molecular complexity index is 1790. The van der Waals surface area contributed by atoms with E-state index in [2.05, 4.69) is 35.6 Å². The number of fused-ring (bicyclic) bond motifs is 3. The molecule has 0 saturated heterocycles. The number of nitrogens with one attached hydrogen (secondary N) is 1. The highest BCUT2D eigenvalue weighted by atomic mass is 19.4. The molecule has 3 fully saturated rings. The third-order valence-electron chi connectivity index (χ3n) is 9.29. The first-order chi connectivity index (χ1) is 21.9. The Labute approximate surface area is 256 Å². The number of aromatic nitrogens is 3. The van der Waals surface area contributed by atoms with Crippen molar-refractivity contribution in [2.45, 2.75) is 69.6 Å². The molecule has 1 aliphatic heterocycles. The van der Waals surface area contributed by atoms with Crippen molar-refractivity contribution in [3.8, 4) is 17.0 Å². The van der Waals surface area contributed by atoms with E-state index >= 15 is 0 Å². The number of hydrogen-bond acceptors (Lipinski definition) is 10. The van der Waals surface area contributed by atoms with Gasteiger partial charge in [0.15, 0.2) is 0 Å². The van der Waals surface area contributed by atoms with E-state index in [0.717, 1.165) is 66.7 Å². The fourth-order valence-corrected chi connectivity index (χ4v) is 7.06. The standard InChI is InChI=1S/C32H30F3N7O3/c33-32(34,35)44-27-4-2-1-3-22(27)30-23(31(45-41-30)17-5-6-17)16-43-21-11-19-7-8-20(12-21)29(19)39-28-15-36-25-13-18(9-10-24(25)38-28)26-14-37-42-40-26/h1-4,9-10,13,15,17,19-21,29H,5-8,11-12,14,16H2,(H,38,39). The van der Waals surface area contributed by atoms with Crippen LogP contribution in [0.1, 0.15) is 61.3 Å². The number of anilines is 1. The number of alkyl halides is 3. The fraction of sp³-hybridized carbons (Fsp3) is 0.438. The summed E-state index contributed by atoms with van der Waals surface area (Å²) in [6, 6.07) is 12.2. The van der Waals surface area contributed by atoms with Crippen molar-refractivity contribution in [1.29, 1.82) is 0 Å². The second-order valence-electron chi connectivity index (χ2n) is 12.3. The van der Waals surface area contributed by atoms with E-state index in [0.29, 0.717) is 35.4 Å². The molecule has 0 spiro atoms. The van der Waals surface area contributed by atoms with E-state index in [1.807, 2.05) is 18.2 Å². The first-order valence-corrected chi connectivity index (χ1v) is 15.3. The molecule has 2 aromatic heterocycles. The highest BCUT2D eigenvalue weighted by molar-refractivity contribution is 6.04. The van der Waals surface area contributed by atoms with Crippen LogP contribution >= 0.6 is 0 Å². The Morgan fingerprint density at radius 2 is 1.80 bits per heavy atom. The van der Waals surface area contributed by atoms with E-state index in [-0.39, 0.29) is 36.0 Å². The predicted molar refractivity (Wildman–Crippen MR) is 158 cm³/mol. The normalized spacial score (nSPS) is 24.3. The third-order valence-corrected chi connectivity index (χ3v) is 9.29. The van der Waals surface area contributed by atoms with Crippen LogP contribution in [-0.2, 0) is 11.3 Å². The summed E-state index contributed by atoms with van der Waals surface area (Å²) in [6.45, 7) is 0.695. The van der Waals surface area contributed by atoms with Gasteiger partial charge in [0.2, 0.25) is 0 Å². The molecule has 1 N–H and O–H groups in total. The van der Waals surface area contributed by atoms with Gasteiger partial charge in [0.25, 0.3) is 0 Å². The molecule has 10 nitrogen and oxygen atoms in total. The first kappa shape index (κ1) is 28.1. The minimum atomic E-state index is -4.82. The molecular weight excluding hydrogens is 587 g/mol. The highest BCUT2D eigenvalue weighted by Gasteiger charge is 2.44. The molecule has 45 heavy (non-hydrogen) atoms. The first-order valence-electron chi connectivity index (χ1n) is 15.3. The maximum Gasteiger partial charge on any atom is 0.573 e. The largest absolute Gasteiger partial charge is 0.573 e. The monoisotopic (exact) mass is 617 g/mol. The number of ether oxygens (including phenoxy) is 2. The molecule has 3 saturated carbocycles. The summed E-state index contributed by atoms with van der Waals surface area (Å²) in [5, 5.41) is 19.6. The molecule has 2 atom stereocenters. The van der Waals surface area contributed by atoms with Crippen LogP contribution < -0.4 is 10.1 Å². The maximum absolute atomic E-state index is 13.1. The van der Waals surface area contributed by atoms with Gasteiger partial charge in [-0.1, -0.05) is 23.4 Å². The van der Waals surface area contributed by atoms with E-state index in [1.54, 1.807) is 18.3 Å². The minimum absolute atomic E-state index is 0.0232. The summed E-state index contributed by atoms with van der Waals surface area (Å²) < 4.78 is 55.9. The molecule has 13 heteroatoms. The second kappa shape index (κ2) is 11.2. The number of hydrogen-bond donors (Lipinski definition) is 1. The van der Waals surface area contributed by atoms with Crippen molar-refractivity contribution < 1.29 is 27.2 Å². The predicted octanol–water partition coefficient (Wildman–Crippen LogP) is 7.42. The van der Waals surface area contributed by atoms with Crippen LogP contribution in [0.2, 0.25) is 0 Å². The average molecular weight is 618 g/mol. The molecule has 4 aromatic rings. The topological polar surface area (TPSA) is 119 Å². The van der Waals surface area contributed by atoms with Gasteiger partial charge in [0.1, 0.15) is 29.6 Å². The van der Waals surface area contributed by atoms with Crippen LogP contribution in [0.15, 0.2) is 68.6 Å². The smallest absolute Gasteiger partial charge is 0.405 e. The summed E-state index contributed by atoms with van der Waals surface area (Å²) in [7, 11) is 0. The molecule has 232 valence electrons. The quantitative estimate of drug-likeness (QED) is 0.208. The Hall–Kier alpha value is -4.39. The molecule has 0 radical (unpaired) electrons. The summed E-state index contributed by atoms with van der Waals surface area (Å²) >= 11 is 0. The van der Waals surface area contributed by atoms with Crippen molar-refractivity contribution in [3.05, 3.63) is 65.5 Å². The summed E-state index contributed by atoms with van der Waals surface area (Å²) in [6.07, 6.45) is 2.86. The molecule has 4 aliphatic rings. The number of nitrogens with zero attached hydrogens (tertiary/aromatic N) is 6. The SMILES string of the molecule is FC(F)(F)Oc1ccccc1-c1noc(C2CC2)c1COC1CC2CCC(C1)C2Nc1cnc2cc(C3=NN=NC3)ccc2n1. The van der Waals surface area contributed by atoms with Crippen molar-refractivity contribution in [2.75, 3.05) is 11.9 Å². The highest BCUT2D eigenvalue weighted by Crippen LogP contribution is 2.47. The number of halogens is 3. The van der Waals surface area contributed by atoms with E-state index in [4.69, 9.17) is 14.2 Å². The van der Waals surface area contributed by atoms with Crippen LogP contribution in [-0.4, -0.2) is 45.9 Å². The number of rotatable bonds is 9. The van der Waals surface area contributed by atoms with Crippen molar-refractivity contribution in [3.63, 3.8) is 0 Å². The lowest BCUT2D eigenvalue weighted by molar-refractivity contribution is -0.274. The number of benzene rings is 2. The molecule has 2 unspecified atom stereocenters. The van der Waals surface area contributed by atoms with Crippen molar-refractivity contribution in [1.82, 2.24) is 15.1 Å². The van der Waals surface area contributed by atoms with Crippen molar-refractivity contribution >= 4 is 22.6 Å². The lowest BCUT2D eigenvalue weighted by Gasteiger charge is -2.36. The van der Waals surface area contributed by atoms with Gasteiger partial charge >= 0.3 is 6.36 Å². The lowest BCUT2D eigenvalue weighted by Crippen LogP contribution is -2.39. The zero-order valence-corrected chi connectivity index (χ0v) is 24.2.